The lowest BCUT2D eigenvalue weighted by Gasteiger charge is -2.18. The molecule has 0 atom stereocenters. The highest BCUT2D eigenvalue weighted by molar-refractivity contribution is 5.37. The number of hydrogen-bond donors (Lipinski definition) is 1. The van der Waals surface area contributed by atoms with Crippen molar-refractivity contribution in [3.63, 3.8) is 0 Å². The molecular weight excluding hydrogens is 245 g/mol. The summed E-state index contributed by atoms with van der Waals surface area (Å²) in [6, 6.07) is 4.81. The lowest BCUT2D eigenvalue weighted by Crippen LogP contribution is -2.25. The minimum atomic E-state index is -0.279. The average Bonchev–Trinajstić information content (AvgIpc) is 2.43. The zero-order chi connectivity index (χ0) is 13.2. The van der Waals surface area contributed by atoms with Gasteiger partial charge in [-0.25, -0.2) is 14.4 Å². The topological polar surface area (TPSA) is 47.0 Å². The fourth-order valence-corrected chi connectivity index (χ4v) is 2.08. The van der Waals surface area contributed by atoms with E-state index in [4.69, 9.17) is 4.74 Å². The van der Waals surface area contributed by atoms with Crippen LogP contribution in [0.25, 0.3) is 0 Å². The van der Waals surface area contributed by atoms with Gasteiger partial charge in [-0.15, -0.1) is 0 Å². The third-order valence-corrected chi connectivity index (χ3v) is 3.19. The van der Waals surface area contributed by atoms with E-state index in [2.05, 4.69) is 15.3 Å². The molecule has 19 heavy (non-hydrogen) atoms. The van der Waals surface area contributed by atoms with Gasteiger partial charge in [-0.05, 0) is 18.6 Å². The zero-order valence-electron chi connectivity index (χ0n) is 10.6. The fraction of sp³-hybridized carbons (Fsp3) is 0.286. The molecule has 1 aliphatic rings. The number of fused-ring (bicyclic) bond motifs is 1. The third-order valence-electron chi connectivity index (χ3n) is 3.19. The summed E-state index contributed by atoms with van der Waals surface area (Å²) >= 11 is 0. The summed E-state index contributed by atoms with van der Waals surface area (Å²) in [4.78, 5) is 8.39. The summed E-state index contributed by atoms with van der Waals surface area (Å²) < 4.78 is 19.2. The van der Waals surface area contributed by atoms with Gasteiger partial charge in [-0.1, -0.05) is 6.07 Å². The number of ether oxygens (including phenoxy) is 1. The highest BCUT2D eigenvalue weighted by atomic mass is 19.1. The molecule has 0 amide bonds. The van der Waals surface area contributed by atoms with Gasteiger partial charge in [0, 0.05) is 25.6 Å². The van der Waals surface area contributed by atoms with E-state index >= 15 is 0 Å². The van der Waals surface area contributed by atoms with Gasteiger partial charge < -0.3 is 10.1 Å². The minimum Gasteiger partial charge on any atom is -0.438 e. The number of nitrogens with zero attached hydrogens (tertiary/aromatic N) is 2. The maximum Gasteiger partial charge on any atom is 0.227 e. The van der Waals surface area contributed by atoms with Crippen LogP contribution in [-0.2, 0) is 13.0 Å². The molecule has 5 heteroatoms. The predicted octanol–water partition coefficient (Wildman–Crippen LogP) is 2.36. The molecule has 1 aliphatic heterocycles. The third kappa shape index (κ3) is 2.42. The number of hydrogen-bond acceptors (Lipinski definition) is 4. The molecular formula is C14H14FN3O. The summed E-state index contributed by atoms with van der Waals surface area (Å²) in [5, 5.41) is 3.25. The minimum absolute atomic E-state index is 0.279. The summed E-state index contributed by atoms with van der Waals surface area (Å²) in [6.07, 6.45) is 2.35. The average molecular weight is 259 g/mol. The number of nitrogens with one attached hydrogen (secondary N) is 1. The summed E-state index contributed by atoms with van der Waals surface area (Å²) in [5.41, 5.74) is 2.55. The molecule has 0 saturated carbocycles. The molecule has 0 unspecified atom stereocenters. The summed E-state index contributed by atoms with van der Waals surface area (Å²) in [6.45, 7) is 3.30. The zero-order valence-corrected chi connectivity index (χ0v) is 10.6. The first-order chi connectivity index (χ1) is 9.24. The van der Waals surface area contributed by atoms with Crippen LogP contribution in [0.15, 0.2) is 24.5 Å². The first-order valence-electron chi connectivity index (χ1n) is 6.21. The van der Waals surface area contributed by atoms with Crippen molar-refractivity contribution >= 4 is 0 Å². The van der Waals surface area contributed by atoms with Crippen molar-refractivity contribution in [1.29, 1.82) is 0 Å². The molecule has 0 aliphatic carbocycles. The largest absolute Gasteiger partial charge is 0.438 e. The van der Waals surface area contributed by atoms with Gasteiger partial charge in [0.2, 0.25) is 5.88 Å². The van der Waals surface area contributed by atoms with Crippen LogP contribution >= 0.6 is 0 Å². The number of rotatable bonds is 2. The molecule has 1 aromatic carbocycles. The molecule has 0 fully saturated rings. The number of halogens is 1. The second kappa shape index (κ2) is 4.93. The van der Waals surface area contributed by atoms with Crippen molar-refractivity contribution in [2.45, 2.75) is 19.9 Å². The lowest BCUT2D eigenvalue weighted by atomic mass is 10.1. The Hall–Kier alpha value is -2.01. The lowest BCUT2D eigenvalue weighted by molar-refractivity contribution is 0.440. The van der Waals surface area contributed by atoms with Gasteiger partial charge in [0.05, 0.1) is 11.3 Å². The van der Waals surface area contributed by atoms with Gasteiger partial charge >= 0.3 is 0 Å². The van der Waals surface area contributed by atoms with Gasteiger partial charge in [0.1, 0.15) is 17.9 Å². The normalized spacial score (nSPS) is 14.0. The molecule has 0 radical (unpaired) electrons. The van der Waals surface area contributed by atoms with Crippen LogP contribution in [0.5, 0.6) is 11.6 Å². The Morgan fingerprint density at radius 1 is 1.32 bits per heavy atom. The molecule has 2 aromatic rings. The molecule has 3 rings (SSSR count). The Bertz CT molecular complexity index is 616. The maximum absolute atomic E-state index is 13.5. The highest BCUT2D eigenvalue weighted by Gasteiger charge is 2.16. The van der Waals surface area contributed by atoms with Crippen molar-refractivity contribution in [1.82, 2.24) is 15.3 Å². The second-order valence-electron chi connectivity index (χ2n) is 4.54. The van der Waals surface area contributed by atoms with Gasteiger partial charge in [0.25, 0.3) is 0 Å². The Morgan fingerprint density at radius 3 is 3.05 bits per heavy atom. The van der Waals surface area contributed by atoms with Crippen molar-refractivity contribution in [2.75, 3.05) is 6.54 Å². The molecule has 1 aromatic heterocycles. The van der Waals surface area contributed by atoms with Crippen molar-refractivity contribution < 1.29 is 9.13 Å². The standard InChI is InChI=1S/C14H14FN3O/c1-9-2-3-10(6-12(9)15)19-14-11-7-16-5-4-13(11)17-8-18-14/h2-3,6,8,16H,4-5,7H2,1H3. The molecule has 0 saturated heterocycles. The molecule has 98 valence electrons. The summed E-state index contributed by atoms with van der Waals surface area (Å²) in [7, 11) is 0. The van der Waals surface area contributed by atoms with E-state index in [1.807, 2.05) is 0 Å². The van der Waals surface area contributed by atoms with Crippen molar-refractivity contribution in [2.24, 2.45) is 0 Å². The number of aryl methyl sites for hydroxylation is 1. The van der Waals surface area contributed by atoms with E-state index in [-0.39, 0.29) is 5.82 Å². The second-order valence-corrected chi connectivity index (χ2v) is 4.54. The monoisotopic (exact) mass is 259 g/mol. The van der Waals surface area contributed by atoms with Crippen molar-refractivity contribution in [3.8, 4) is 11.6 Å². The Morgan fingerprint density at radius 2 is 2.21 bits per heavy atom. The maximum atomic E-state index is 13.5. The molecule has 4 nitrogen and oxygen atoms in total. The Kier molecular flexibility index (Phi) is 3.13. The molecule has 1 N–H and O–H groups in total. The Balaban J connectivity index is 1.92. The van der Waals surface area contributed by atoms with Gasteiger partial charge in [-0.3, -0.25) is 0 Å². The van der Waals surface area contributed by atoms with Crippen LogP contribution in [0.1, 0.15) is 16.8 Å². The van der Waals surface area contributed by atoms with Crippen LogP contribution in [0, 0.1) is 12.7 Å². The van der Waals surface area contributed by atoms with Gasteiger partial charge in [0.15, 0.2) is 0 Å². The first-order valence-corrected chi connectivity index (χ1v) is 6.21. The smallest absolute Gasteiger partial charge is 0.227 e. The quantitative estimate of drug-likeness (QED) is 0.899. The highest BCUT2D eigenvalue weighted by Crippen LogP contribution is 2.27. The van der Waals surface area contributed by atoms with Crippen LogP contribution < -0.4 is 10.1 Å². The van der Waals surface area contributed by atoms with E-state index in [0.29, 0.717) is 23.7 Å². The van der Waals surface area contributed by atoms with E-state index in [1.54, 1.807) is 19.1 Å². The van der Waals surface area contributed by atoms with E-state index in [0.717, 1.165) is 24.2 Å². The molecule has 0 bridgehead atoms. The van der Waals surface area contributed by atoms with E-state index < -0.39 is 0 Å². The van der Waals surface area contributed by atoms with Crippen LogP contribution in [-0.4, -0.2) is 16.5 Å². The van der Waals surface area contributed by atoms with Crippen LogP contribution in [0.2, 0.25) is 0 Å². The SMILES string of the molecule is Cc1ccc(Oc2ncnc3c2CNCC3)cc1F. The van der Waals surface area contributed by atoms with Crippen molar-refractivity contribution in [3.05, 3.63) is 47.2 Å². The fourth-order valence-electron chi connectivity index (χ4n) is 2.08. The van der Waals surface area contributed by atoms with Gasteiger partial charge in [-0.2, -0.15) is 0 Å². The molecule has 0 spiro atoms. The number of aromatic nitrogens is 2. The Labute approximate surface area is 110 Å². The summed E-state index contributed by atoms with van der Waals surface area (Å²) in [5.74, 6) is 0.675. The van der Waals surface area contributed by atoms with E-state index in [9.17, 15) is 4.39 Å². The first kappa shape index (κ1) is 12.0. The van der Waals surface area contributed by atoms with Crippen LogP contribution in [0.4, 0.5) is 4.39 Å². The number of benzene rings is 1. The predicted molar refractivity (Wildman–Crippen MR) is 68.7 cm³/mol. The van der Waals surface area contributed by atoms with Crippen LogP contribution in [0.3, 0.4) is 0 Å². The van der Waals surface area contributed by atoms with E-state index in [1.165, 1.54) is 12.4 Å². The molecule has 2 heterocycles.